The third-order valence-electron chi connectivity index (χ3n) is 5.58. The van der Waals surface area contributed by atoms with Gasteiger partial charge >= 0.3 is 0 Å². The average Bonchev–Trinajstić information content (AvgIpc) is 3.30. The van der Waals surface area contributed by atoms with Crippen LogP contribution in [0.15, 0.2) is 64.3 Å². The number of rotatable bonds is 8. The fraction of sp³-hybridized carbons (Fsp3) is 0.308. The number of amides is 1. The molecule has 0 fully saturated rings. The number of hydrogen-bond acceptors (Lipinski definition) is 5. The first kappa shape index (κ1) is 22.9. The van der Waals surface area contributed by atoms with Crippen molar-refractivity contribution < 1.29 is 23.8 Å². The molecular weight excluding hydrogens is 442 g/mol. The summed E-state index contributed by atoms with van der Waals surface area (Å²) in [5.74, 6) is -1.08. The molecule has 172 valence electrons. The van der Waals surface area contributed by atoms with Crippen LogP contribution in [0.2, 0.25) is 5.02 Å². The Labute approximate surface area is 197 Å². The van der Waals surface area contributed by atoms with Gasteiger partial charge in [-0.3, -0.25) is 9.59 Å². The molecule has 33 heavy (non-hydrogen) atoms. The minimum Gasteiger partial charge on any atom is -0.503 e. The number of Topliss-reactive ketones (excluding diaryl/α,β-unsaturated/α-hetero) is 1. The maximum Gasteiger partial charge on any atom is 0.290 e. The van der Waals surface area contributed by atoms with Crippen LogP contribution in [-0.2, 0) is 4.79 Å². The van der Waals surface area contributed by atoms with E-state index in [4.69, 9.17) is 20.8 Å². The van der Waals surface area contributed by atoms with E-state index in [1.807, 2.05) is 39.0 Å². The predicted octanol–water partition coefficient (Wildman–Crippen LogP) is 6.25. The Hall–Kier alpha value is -3.25. The normalized spacial score (nSPS) is 16.3. The molecule has 1 amide bonds. The van der Waals surface area contributed by atoms with E-state index >= 15 is 0 Å². The summed E-state index contributed by atoms with van der Waals surface area (Å²) in [5.41, 5.74) is 1.12. The number of aliphatic hydroxyl groups excluding tert-OH is 1. The highest BCUT2D eigenvalue weighted by Gasteiger charge is 2.45. The molecule has 1 atom stereocenters. The van der Waals surface area contributed by atoms with Crippen molar-refractivity contribution in [2.45, 2.75) is 45.8 Å². The number of benzene rings is 2. The Kier molecular flexibility index (Phi) is 6.47. The number of aliphatic hydroxyl groups is 1. The summed E-state index contributed by atoms with van der Waals surface area (Å²) < 4.78 is 11.7. The Bertz CT molecular complexity index is 1240. The summed E-state index contributed by atoms with van der Waals surface area (Å²) in [4.78, 5) is 28.2. The first-order valence-corrected chi connectivity index (χ1v) is 11.4. The van der Waals surface area contributed by atoms with Crippen molar-refractivity contribution in [3.05, 3.63) is 76.2 Å². The number of hydrogen-bond donors (Lipinski definition) is 1. The summed E-state index contributed by atoms with van der Waals surface area (Å²) in [7, 11) is 0. The van der Waals surface area contributed by atoms with E-state index < -0.39 is 23.5 Å². The SMILES string of the molecule is CCCCN1C(=O)C(O)=C(C(=O)c2cc3cc(Cl)ccc3o2)C1c1ccccc1OC(C)C. The van der Waals surface area contributed by atoms with Gasteiger partial charge in [0.05, 0.1) is 17.7 Å². The van der Waals surface area contributed by atoms with Gasteiger partial charge in [0.1, 0.15) is 11.3 Å². The molecule has 3 aromatic rings. The number of furan rings is 1. The lowest BCUT2D eigenvalue weighted by atomic mass is 9.94. The summed E-state index contributed by atoms with van der Waals surface area (Å²) in [6.45, 7) is 6.23. The fourth-order valence-corrected chi connectivity index (χ4v) is 4.28. The van der Waals surface area contributed by atoms with Crippen LogP contribution in [0.25, 0.3) is 11.0 Å². The van der Waals surface area contributed by atoms with Crippen molar-refractivity contribution >= 4 is 34.3 Å². The van der Waals surface area contributed by atoms with Crippen LogP contribution in [0.5, 0.6) is 5.75 Å². The quantitative estimate of drug-likeness (QED) is 0.396. The molecule has 0 bridgehead atoms. The standard InChI is InChI=1S/C26H26ClNO5/c1-4-5-12-28-23(18-8-6-7-9-20(18)32-15(2)3)22(25(30)26(28)31)24(29)21-14-16-13-17(27)10-11-19(16)33-21/h6-11,13-15,23,30H,4-5,12H2,1-3H3. The maximum absolute atomic E-state index is 13.6. The third kappa shape index (κ3) is 4.35. The number of para-hydroxylation sites is 1. The molecule has 2 heterocycles. The van der Waals surface area contributed by atoms with E-state index in [9.17, 15) is 14.7 Å². The second-order valence-electron chi connectivity index (χ2n) is 8.34. The highest BCUT2D eigenvalue weighted by molar-refractivity contribution is 6.31. The van der Waals surface area contributed by atoms with E-state index in [2.05, 4.69) is 0 Å². The zero-order valence-corrected chi connectivity index (χ0v) is 19.6. The molecule has 1 aromatic heterocycles. The van der Waals surface area contributed by atoms with E-state index in [1.54, 1.807) is 30.3 Å². The molecule has 4 rings (SSSR count). The van der Waals surface area contributed by atoms with Crippen LogP contribution in [0.4, 0.5) is 0 Å². The van der Waals surface area contributed by atoms with Crippen molar-refractivity contribution in [2.24, 2.45) is 0 Å². The Balaban J connectivity index is 1.83. The zero-order valence-electron chi connectivity index (χ0n) is 18.8. The van der Waals surface area contributed by atoms with E-state index in [0.29, 0.717) is 33.8 Å². The van der Waals surface area contributed by atoms with Crippen LogP contribution >= 0.6 is 11.6 Å². The van der Waals surface area contributed by atoms with Gasteiger partial charge in [-0.2, -0.15) is 0 Å². The molecule has 0 spiro atoms. The lowest BCUT2D eigenvalue weighted by Gasteiger charge is -2.28. The summed E-state index contributed by atoms with van der Waals surface area (Å²) >= 11 is 6.07. The number of carbonyl (C=O) groups is 2. The lowest BCUT2D eigenvalue weighted by molar-refractivity contribution is -0.129. The molecule has 6 nitrogen and oxygen atoms in total. The number of fused-ring (bicyclic) bond motifs is 1. The molecule has 2 aromatic carbocycles. The highest BCUT2D eigenvalue weighted by atomic mass is 35.5. The van der Waals surface area contributed by atoms with Gasteiger partial charge in [0.25, 0.3) is 5.91 Å². The summed E-state index contributed by atoms with van der Waals surface area (Å²) in [6.07, 6.45) is 1.48. The maximum atomic E-state index is 13.6. The number of carbonyl (C=O) groups excluding carboxylic acids is 2. The minimum atomic E-state index is -0.789. The van der Waals surface area contributed by atoms with Gasteiger partial charge in [0, 0.05) is 22.5 Å². The van der Waals surface area contributed by atoms with Crippen LogP contribution in [-0.4, -0.2) is 34.3 Å². The first-order chi connectivity index (χ1) is 15.8. The van der Waals surface area contributed by atoms with E-state index in [-0.39, 0.29) is 17.4 Å². The van der Waals surface area contributed by atoms with Gasteiger partial charge in [-0.05, 0) is 50.6 Å². The number of ketones is 1. The van der Waals surface area contributed by atoms with Gasteiger partial charge in [-0.15, -0.1) is 0 Å². The second kappa shape index (κ2) is 9.32. The van der Waals surface area contributed by atoms with Crippen LogP contribution in [0.1, 0.15) is 55.8 Å². The Morgan fingerprint density at radius 3 is 2.70 bits per heavy atom. The summed E-state index contributed by atoms with van der Waals surface area (Å²) in [6, 6.07) is 13.1. The average molecular weight is 468 g/mol. The van der Waals surface area contributed by atoms with Gasteiger partial charge in [0.2, 0.25) is 5.78 Å². The molecule has 1 unspecified atom stereocenters. The van der Waals surface area contributed by atoms with Crippen molar-refractivity contribution in [1.29, 1.82) is 0 Å². The second-order valence-corrected chi connectivity index (χ2v) is 8.78. The molecule has 0 aliphatic carbocycles. The van der Waals surface area contributed by atoms with Crippen LogP contribution in [0, 0.1) is 0 Å². The number of halogens is 1. The third-order valence-corrected chi connectivity index (χ3v) is 5.81. The topological polar surface area (TPSA) is 80.0 Å². The zero-order chi connectivity index (χ0) is 23.7. The van der Waals surface area contributed by atoms with Gasteiger partial charge in [-0.1, -0.05) is 43.1 Å². The Morgan fingerprint density at radius 2 is 1.97 bits per heavy atom. The monoisotopic (exact) mass is 467 g/mol. The smallest absolute Gasteiger partial charge is 0.290 e. The highest BCUT2D eigenvalue weighted by Crippen LogP contribution is 2.43. The van der Waals surface area contributed by atoms with Gasteiger partial charge in [-0.25, -0.2) is 0 Å². The summed E-state index contributed by atoms with van der Waals surface area (Å²) in [5, 5.41) is 12.0. The van der Waals surface area contributed by atoms with Crippen LogP contribution in [0.3, 0.4) is 0 Å². The predicted molar refractivity (Wildman–Crippen MR) is 127 cm³/mol. The lowest BCUT2D eigenvalue weighted by Crippen LogP contribution is -2.32. The molecule has 7 heteroatoms. The van der Waals surface area contributed by atoms with E-state index in [1.165, 1.54) is 4.90 Å². The van der Waals surface area contributed by atoms with Crippen LogP contribution < -0.4 is 4.74 Å². The first-order valence-electron chi connectivity index (χ1n) is 11.0. The molecule has 0 radical (unpaired) electrons. The number of unbranched alkanes of at least 4 members (excludes halogenated alkanes) is 1. The molecule has 1 N–H and O–H groups in total. The fourth-order valence-electron chi connectivity index (χ4n) is 4.09. The molecule has 1 aliphatic rings. The molecule has 0 saturated carbocycles. The van der Waals surface area contributed by atoms with Gasteiger partial charge in [0.15, 0.2) is 11.5 Å². The minimum absolute atomic E-state index is 0.0129. The van der Waals surface area contributed by atoms with Crippen molar-refractivity contribution in [3.8, 4) is 5.75 Å². The molecule has 0 saturated heterocycles. The van der Waals surface area contributed by atoms with Gasteiger partial charge < -0.3 is 19.2 Å². The molecule has 1 aliphatic heterocycles. The van der Waals surface area contributed by atoms with Crippen molar-refractivity contribution in [3.63, 3.8) is 0 Å². The van der Waals surface area contributed by atoms with Crippen molar-refractivity contribution in [2.75, 3.05) is 6.54 Å². The molecular formula is C26H26ClNO5. The largest absolute Gasteiger partial charge is 0.503 e. The number of ether oxygens (including phenoxy) is 1. The number of nitrogens with zero attached hydrogens (tertiary/aromatic N) is 1. The van der Waals surface area contributed by atoms with Crippen molar-refractivity contribution in [1.82, 2.24) is 4.90 Å². The van der Waals surface area contributed by atoms with E-state index in [0.717, 1.165) is 12.8 Å². The Morgan fingerprint density at radius 1 is 1.21 bits per heavy atom.